The van der Waals surface area contributed by atoms with E-state index >= 15 is 0 Å². The van der Waals surface area contributed by atoms with Gasteiger partial charge < -0.3 is 9.47 Å². The molecule has 5 nitrogen and oxygen atoms in total. The maximum atomic E-state index is 11.9. The third-order valence-corrected chi connectivity index (χ3v) is 4.85. The number of ether oxygens (including phenoxy) is 2. The first-order valence-electron chi connectivity index (χ1n) is 7.46. The van der Waals surface area contributed by atoms with Gasteiger partial charge in [-0.05, 0) is 52.7 Å². The molecular formula is C18H19BrN2O3S. The lowest BCUT2D eigenvalue weighted by molar-refractivity contribution is -0.118. The van der Waals surface area contributed by atoms with E-state index in [-0.39, 0.29) is 5.91 Å². The van der Waals surface area contributed by atoms with Crippen molar-refractivity contribution in [3.8, 4) is 11.5 Å². The molecule has 0 aliphatic heterocycles. The van der Waals surface area contributed by atoms with Gasteiger partial charge in [0, 0.05) is 4.90 Å². The molecule has 0 fully saturated rings. The molecule has 2 aromatic rings. The molecule has 132 valence electrons. The topological polar surface area (TPSA) is 59.9 Å². The lowest BCUT2D eigenvalue weighted by atomic mass is 10.2. The van der Waals surface area contributed by atoms with Crippen LogP contribution in [-0.2, 0) is 4.79 Å². The fourth-order valence-corrected chi connectivity index (χ4v) is 3.32. The number of carbonyl (C=O) groups excluding carboxylic acids is 1. The van der Waals surface area contributed by atoms with E-state index < -0.39 is 0 Å². The highest BCUT2D eigenvalue weighted by Crippen LogP contribution is 2.35. The van der Waals surface area contributed by atoms with Crippen LogP contribution in [0.4, 0.5) is 0 Å². The Labute approximate surface area is 159 Å². The maximum Gasteiger partial charge on any atom is 0.250 e. The average molecular weight is 423 g/mol. The summed E-state index contributed by atoms with van der Waals surface area (Å²) < 4.78 is 11.3. The molecule has 0 unspecified atom stereocenters. The molecule has 1 N–H and O–H groups in total. The van der Waals surface area contributed by atoms with Crippen molar-refractivity contribution < 1.29 is 14.3 Å². The molecule has 0 radical (unpaired) electrons. The second-order valence-corrected chi connectivity index (χ2v) is 7.04. The number of benzene rings is 2. The van der Waals surface area contributed by atoms with E-state index in [1.165, 1.54) is 17.3 Å². The summed E-state index contributed by atoms with van der Waals surface area (Å²) in [7, 11) is 3.14. The van der Waals surface area contributed by atoms with Crippen LogP contribution < -0.4 is 14.9 Å². The Kier molecular flexibility index (Phi) is 7.33. The third-order valence-electron chi connectivity index (χ3n) is 3.25. The van der Waals surface area contributed by atoms with Crippen LogP contribution in [0.2, 0.25) is 0 Å². The number of hydrogen-bond acceptors (Lipinski definition) is 5. The summed E-state index contributed by atoms with van der Waals surface area (Å²) >= 11 is 4.89. The number of methoxy groups -OCH3 is 2. The molecule has 1 amide bonds. The van der Waals surface area contributed by atoms with Crippen molar-refractivity contribution in [2.75, 3.05) is 20.0 Å². The van der Waals surface area contributed by atoms with E-state index in [2.05, 4.69) is 26.5 Å². The molecule has 7 heteroatoms. The SMILES string of the molecule is COc1cc(/C=N/NC(=O)CSc2ccc(C)cc2)cc(Br)c1OC. The first-order valence-corrected chi connectivity index (χ1v) is 9.24. The minimum Gasteiger partial charge on any atom is -0.493 e. The molecule has 2 rings (SSSR count). The van der Waals surface area contributed by atoms with Gasteiger partial charge in [-0.2, -0.15) is 5.10 Å². The van der Waals surface area contributed by atoms with Gasteiger partial charge in [-0.25, -0.2) is 5.43 Å². The molecule has 0 atom stereocenters. The predicted molar refractivity (Wildman–Crippen MR) is 105 cm³/mol. The Morgan fingerprint density at radius 3 is 2.60 bits per heavy atom. The van der Waals surface area contributed by atoms with Crippen molar-refractivity contribution in [3.05, 3.63) is 52.0 Å². The summed E-state index contributed by atoms with van der Waals surface area (Å²) in [6.07, 6.45) is 1.56. The molecule has 2 aromatic carbocycles. The summed E-state index contributed by atoms with van der Waals surface area (Å²) in [5.74, 6) is 1.33. The van der Waals surface area contributed by atoms with E-state index in [1.54, 1.807) is 26.5 Å². The van der Waals surface area contributed by atoms with Crippen LogP contribution in [-0.4, -0.2) is 32.1 Å². The van der Waals surface area contributed by atoms with Crippen molar-refractivity contribution in [2.45, 2.75) is 11.8 Å². The van der Waals surface area contributed by atoms with Gasteiger partial charge in [0.15, 0.2) is 11.5 Å². The number of carbonyl (C=O) groups is 1. The molecule has 0 bridgehead atoms. The molecular weight excluding hydrogens is 404 g/mol. The standard InChI is InChI=1S/C18H19BrN2O3S/c1-12-4-6-14(7-5-12)25-11-17(22)21-20-10-13-8-15(19)18(24-3)16(9-13)23-2/h4-10H,11H2,1-3H3,(H,21,22)/b20-10+. The van der Waals surface area contributed by atoms with E-state index in [0.717, 1.165) is 14.9 Å². The van der Waals surface area contributed by atoms with Crippen molar-refractivity contribution in [1.29, 1.82) is 0 Å². The highest BCUT2D eigenvalue weighted by atomic mass is 79.9. The van der Waals surface area contributed by atoms with Crippen LogP contribution in [0.3, 0.4) is 0 Å². The van der Waals surface area contributed by atoms with Gasteiger partial charge in [-0.1, -0.05) is 17.7 Å². The Bertz CT molecular complexity index is 764. The summed E-state index contributed by atoms with van der Waals surface area (Å²) in [5.41, 5.74) is 4.49. The van der Waals surface area contributed by atoms with Crippen molar-refractivity contribution in [1.82, 2.24) is 5.43 Å². The van der Waals surface area contributed by atoms with Crippen LogP contribution in [0.25, 0.3) is 0 Å². The Morgan fingerprint density at radius 2 is 1.96 bits per heavy atom. The van der Waals surface area contributed by atoms with Crippen LogP contribution in [0, 0.1) is 6.92 Å². The third kappa shape index (κ3) is 5.79. The number of nitrogens with one attached hydrogen (secondary N) is 1. The highest BCUT2D eigenvalue weighted by molar-refractivity contribution is 9.10. The second kappa shape index (κ2) is 9.48. The molecule has 0 saturated carbocycles. The van der Waals surface area contributed by atoms with Gasteiger partial charge in [0.25, 0.3) is 0 Å². The van der Waals surface area contributed by atoms with Gasteiger partial charge >= 0.3 is 0 Å². The Hall–Kier alpha value is -1.99. The highest BCUT2D eigenvalue weighted by Gasteiger charge is 2.09. The van der Waals surface area contributed by atoms with Crippen LogP contribution in [0.5, 0.6) is 11.5 Å². The zero-order chi connectivity index (χ0) is 18.2. The Morgan fingerprint density at radius 1 is 1.24 bits per heavy atom. The van der Waals surface area contributed by atoms with Gasteiger partial charge in [0.2, 0.25) is 5.91 Å². The first kappa shape index (κ1) is 19.3. The number of hydrogen-bond donors (Lipinski definition) is 1. The van der Waals surface area contributed by atoms with Crippen LogP contribution in [0.15, 0.2) is 50.9 Å². The number of aryl methyl sites for hydroxylation is 1. The maximum absolute atomic E-state index is 11.9. The van der Waals surface area contributed by atoms with Crippen LogP contribution in [0.1, 0.15) is 11.1 Å². The van der Waals surface area contributed by atoms with Gasteiger partial charge in [-0.3, -0.25) is 4.79 Å². The quantitative estimate of drug-likeness (QED) is 0.415. The predicted octanol–water partition coefficient (Wildman–Crippen LogP) is 4.02. The zero-order valence-electron chi connectivity index (χ0n) is 14.2. The number of hydrazone groups is 1. The Balaban J connectivity index is 1.90. The monoisotopic (exact) mass is 422 g/mol. The molecule has 0 saturated heterocycles. The number of thioether (sulfide) groups is 1. The van der Waals surface area contributed by atoms with Crippen LogP contribution >= 0.6 is 27.7 Å². The minimum atomic E-state index is -0.165. The molecule has 0 aliphatic rings. The van der Waals surface area contributed by atoms with E-state index in [9.17, 15) is 4.79 Å². The van der Waals surface area contributed by atoms with E-state index in [4.69, 9.17) is 9.47 Å². The van der Waals surface area contributed by atoms with E-state index in [0.29, 0.717) is 17.3 Å². The summed E-state index contributed by atoms with van der Waals surface area (Å²) in [5, 5.41) is 3.98. The minimum absolute atomic E-state index is 0.165. The first-order chi connectivity index (χ1) is 12.0. The smallest absolute Gasteiger partial charge is 0.250 e. The lowest BCUT2D eigenvalue weighted by Gasteiger charge is -2.10. The normalized spacial score (nSPS) is 10.7. The van der Waals surface area contributed by atoms with E-state index in [1.807, 2.05) is 37.3 Å². The largest absolute Gasteiger partial charge is 0.493 e. The van der Waals surface area contributed by atoms with Crippen molar-refractivity contribution in [3.63, 3.8) is 0 Å². The van der Waals surface area contributed by atoms with Crippen molar-refractivity contribution >= 4 is 39.8 Å². The van der Waals surface area contributed by atoms with Gasteiger partial charge in [0.1, 0.15) is 0 Å². The fourth-order valence-electron chi connectivity index (χ4n) is 2.01. The van der Waals surface area contributed by atoms with Gasteiger partial charge in [0.05, 0.1) is 30.7 Å². The number of rotatable bonds is 7. The number of amides is 1. The summed E-state index contributed by atoms with van der Waals surface area (Å²) in [6.45, 7) is 2.03. The summed E-state index contributed by atoms with van der Waals surface area (Å²) in [6, 6.07) is 11.6. The van der Waals surface area contributed by atoms with Gasteiger partial charge in [-0.15, -0.1) is 11.8 Å². The molecule has 25 heavy (non-hydrogen) atoms. The molecule has 0 aromatic heterocycles. The molecule has 0 heterocycles. The second-order valence-electron chi connectivity index (χ2n) is 5.13. The fraction of sp³-hybridized carbons (Fsp3) is 0.222. The van der Waals surface area contributed by atoms with Crippen molar-refractivity contribution in [2.24, 2.45) is 5.10 Å². The zero-order valence-corrected chi connectivity index (χ0v) is 16.6. The average Bonchev–Trinajstić information content (AvgIpc) is 2.60. The number of halogens is 1. The number of nitrogens with zero attached hydrogens (tertiary/aromatic N) is 1. The molecule has 0 spiro atoms. The lowest BCUT2D eigenvalue weighted by Crippen LogP contribution is -2.19. The molecule has 0 aliphatic carbocycles. The summed E-state index contributed by atoms with van der Waals surface area (Å²) in [4.78, 5) is 12.9.